The fourth-order valence-electron chi connectivity index (χ4n) is 1.74. The molecule has 0 aliphatic rings. The first-order chi connectivity index (χ1) is 9.18. The number of unbranched alkanes of at least 4 members (excludes halogenated alkanes) is 2. The van der Waals surface area contributed by atoms with Crippen LogP contribution in [-0.2, 0) is 16.1 Å². The van der Waals surface area contributed by atoms with Crippen molar-refractivity contribution in [3.05, 3.63) is 35.9 Å². The number of carbonyl (C=O) groups excluding carboxylic acids is 2. The van der Waals surface area contributed by atoms with Crippen LogP contribution in [0.5, 0.6) is 0 Å². The molecular formula is C15H22N2O2. The number of rotatable bonds is 8. The summed E-state index contributed by atoms with van der Waals surface area (Å²) in [4.78, 5) is 22.2. The zero-order valence-corrected chi connectivity index (χ0v) is 11.4. The van der Waals surface area contributed by atoms with Crippen molar-refractivity contribution in [1.29, 1.82) is 0 Å². The van der Waals surface area contributed by atoms with Gasteiger partial charge in [0.25, 0.3) is 0 Å². The van der Waals surface area contributed by atoms with Crippen LogP contribution < -0.4 is 10.6 Å². The molecule has 1 aromatic rings. The maximum absolute atomic E-state index is 11.6. The number of benzene rings is 1. The van der Waals surface area contributed by atoms with Gasteiger partial charge in [-0.15, -0.1) is 0 Å². The molecule has 0 radical (unpaired) electrons. The van der Waals surface area contributed by atoms with Crippen LogP contribution in [-0.4, -0.2) is 18.4 Å². The van der Waals surface area contributed by atoms with Crippen molar-refractivity contribution in [3.63, 3.8) is 0 Å². The van der Waals surface area contributed by atoms with Crippen molar-refractivity contribution in [3.8, 4) is 0 Å². The molecule has 2 N–H and O–H groups in total. The first-order valence-electron chi connectivity index (χ1n) is 6.73. The normalized spacial score (nSPS) is 9.95. The molecule has 1 rings (SSSR count). The van der Waals surface area contributed by atoms with E-state index >= 15 is 0 Å². The molecule has 0 spiro atoms. The average molecular weight is 262 g/mol. The lowest BCUT2D eigenvalue weighted by Gasteiger charge is -2.05. The van der Waals surface area contributed by atoms with Crippen molar-refractivity contribution in [1.82, 2.24) is 10.6 Å². The van der Waals surface area contributed by atoms with Gasteiger partial charge in [0.05, 0.1) is 0 Å². The van der Waals surface area contributed by atoms with Crippen LogP contribution in [0.4, 0.5) is 0 Å². The molecule has 0 aromatic heterocycles. The molecular weight excluding hydrogens is 240 g/mol. The van der Waals surface area contributed by atoms with E-state index in [1.54, 1.807) is 0 Å². The molecule has 4 nitrogen and oxygen atoms in total. The molecule has 19 heavy (non-hydrogen) atoms. The third-order valence-electron chi connectivity index (χ3n) is 2.79. The van der Waals surface area contributed by atoms with Crippen LogP contribution in [0, 0.1) is 0 Å². The third kappa shape index (κ3) is 7.97. The van der Waals surface area contributed by atoms with Crippen LogP contribution in [0.25, 0.3) is 0 Å². The Morgan fingerprint density at radius 1 is 1.00 bits per heavy atom. The summed E-state index contributed by atoms with van der Waals surface area (Å²) in [5, 5.41) is 5.64. The van der Waals surface area contributed by atoms with Gasteiger partial charge >= 0.3 is 0 Å². The molecule has 2 amide bonds. The zero-order chi connectivity index (χ0) is 13.9. The van der Waals surface area contributed by atoms with E-state index in [1.807, 2.05) is 30.3 Å². The van der Waals surface area contributed by atoms with E-state index in [9.17, 15) is 9.59 Å². The van der Waals surface area contributed by atoms with E-state index in [1.165, 1.54) is 6.92 Å². The van der Waals surface area contributed by atoms with E-state index in [-0.39, 0.29) is 11.8 Å². The molecule has 0 unspecified atom stereocenters. The van der Waals surface area contributed by atoms with E-state index in [4.69, 9.17) is 0 Å². The Labute approximate surface area is 114 Å². The van der Waals surface area contributed by atoms with Crippen molar-refractivity contribution < 1.29 is 9.59 Å². The quantitative estimate of drug-likeness (QED) is 0.704. The Bertz CT molecular complexity index is 390. The predicted molar refractivity (Wildman–Crippen MR) is 75.4 cm³/mol. The van der Waals surface area contributed by atoms with E-state index in [2.05, 4.69) is 10.6 Å². The highest BCUT2D eigenvalue weighted by atomic mass is 16.2. The van der Waals surface area contributed by atoms with Gasteiger partial charge in [0.15, 0.2) is 0 Å². The Balaban J connectivity index is 2.01. The summed E-state index contributed by atoms with van der Waals surface area (Å²) in [7, 11) is 0. The van der Waals surface area contributed by atoms with E-state index < -0.39 is 0 Å². The standard InChI is InChI=1S/C15H22N2O2/c1-13(18)16-11-7-3-6-10-15(19)17-12-14-8-4-2-5-9-14/h2,4-5,8-9H,3,6-7,10-12H2,1H3,(H,16,18)(H,17,19). The van der Waals surface area contributed by atoms with Crippen LogP contribution in [0.3, 0.4) is 0 Å². The number of nitrogens with one attached hydrogen (secondary N) is 2. The molecule has 0 aliphatic carbocycles. The molecule has 4 heteroatoms. The average Bonchev–Trinajstić information content (AvgIpc) is 2.41. The van der Waals surface area contributed by atoms with Gasteiger partial charge in [-0.1, -0.05) is 36.8 Å². The van der Waals surface area contributed by atoms with Crippen LogP contribution in [0.2, 0.25) is 0 Å². The SMILES string of the molecule is CC(=O)NCCCCCC(=O)NCc1ccccc1. The first-order valence-corrected chi connectivity index (χ1v) is 6.73. The van der Waals surface area contributed by atoms with Crippen molar-refractivity contribution >= 4 is 11.8 Å². The molecule has 0 fully saturated rings. The third-order valence-corrected chi connectivity index (χ3v) is 2.79. The van der Waals surface area contributed by atoms with Gasteiger partial charge in [-0.3, -0.25) is 9.59 Å². The van der Waals surface area contributed by atoms with Crippen LogP contribution in [0.15, 0.2) is 30.3 Å². The van der Waals surface area contributed by atoms with Crippen LogP contribution >= 0.6 is 0 Å². The maximum Gasteiger partial charge on any atom is 0.220 e. The minimum absolute atomic E-state index is 0.000559. The smallest absolute Gasteiger partial charge is 0.220 e. The molecule has 1 aromatic carbocycles. The minimum Gasteiger partial charge on any atom is -0.356 e. The largest absolute Gasteiger partial charge is 0.356 e. The first kappa shape index (κ1) is 15.2. The van der Waals surface area contributed by atoms with Gasteiger partial charge < -0.3 is 10.6 Å². The molecule has 0 atom stereocenters. The molecule has 0 bridgehead atoms. The number of amides is 2. The summed E-state index contributed by atoms with van der Waals surface area (Å²) in [5.74, 6) is 0.0870. The van der Waals surface area contributed by atoms with Gasteiger partial charge in [0.1, 0.15) is 0 Å². The lowest BCUT2D eigenvalue weighted by molar-refractivity contribution is -0.121. The van der Waals surface area contributed by atoms with Gasteiger partial charge in [-0.25, -0.2) is 0 Å². The highest BCUT2D eigenvalue weighted by Crippen LogP contribution is 2.01. The Hall–Kier alpha value is -1.84. The zero-order valence-electron chi connectivity index (χ0n) is 11.4. The number of carbonyl (C=O) groups is 2. The molecule has 0 saturated heterocycles. The highest BCUT2D eigenvalue weighted by Gasteiger charge is 2.01. The van der Waals surface area contributed by atoms with Gasteiger partial charge in [-0.05, 0) is 18.4 Å². The second-order valence-electron chi connectivity index (χ2n) is 4.56. The summed E-state index contributed by atoms with van der Waals surface area (Å²) in [5.41, 5.74) is 1.11. The number of hydrogen-bond acceptors (Lipinski definition) is 2. The fraction of sp³-hybridized carbons (Fsp3) is 0.467. The monoisotopic (exact) mass is 262 g/mol. The van der Waals surface area contributed by atoms with Crippen molar-refractivity contribution in [2.24, 2.45) is 0 Å². The maximum atomic E-state index is 11.6. The number of hydrogen-bond donors (Lipinski definition) is 2. The van der Waals surface area contributed by atoms with Crippen molar-refractivity contribution in [2.45, 2.75) is 39.2 Å². The van der Waals surface area contributed by atoms with Crippen LogP contribution in [0.1, 0.15) is 38.2 Å². The Kier molecular flexibility index (Phi) is 7.32. The Morgan fingerprint density at radius 2 is 1.74 bits per heavy atom. The van der Waals surface area contributed by atoms with Crippen molar-refractivity contribution in [2.75, 3.05) is 6.54 Å². The van der Waals surface area contributed by atoms with Gasteiger partial charge in [0.2, 0.25) is 11.8 Å². The minimum atomic E-state index is 0.000559. The van der Waals surface area contributed by atoms with Gasteiger partial charge in [0, 0.05) is 26.4 Å². The topological polar surface area (TPSA) is 58.2 Å². The molecule has 0 aliphatic heterocycles. The highest BCUT2D eigenvalue weighted by molar-refractivity contribution is 5.75. The summed E-state index contributed by atoms with van der Waals surface area (Å²) in [6, 6.07) is 9.87. The Morgan fingerprint density at radius 3 is 2.42 bits per heavy atom. The lowest BCUT2D eigenvalue weighted by Crippen LogP contribution is -2.23. The van der Waals surface area contributed by atoms with Gasteiger partial charge in [-0.2, -0.15) is 0 Å². The summed E-state index contributed by atoms with van der Waals surface area (Å²) in [6.07, 6.45) is 3.29. The molecule has 104 valence electrons. The second-order valence-corrected chi connectivity index (χ2v) is 4.56. The molecule has 0 saturated carbocycles. The fourth-order valence-corrected chi connectivity index (χ4v) is 1.74. The summed E-state index contributed by atoms with van der Waals surface area (Å²) >= 11 is 0. The van der Waals surface area contributed by atoms with E-state index in [0.717, 1.165) is 24.8 Å². The van der Waals surface area contributed by atoms with E-state index in [0.29, 0.717) is 19.5 Å². The molecule has 0 heterocycles. The second kappa shape index (κ2) is 9.14. The summed E-state index contributed by atoms with van der Waals surface area (Å²) in [6.45, 7) is 2.80. The predicted octanol–water partition coefficient (Wildman–Crippen LogP) is 2.00. The lowest BCUT2D eigenvalue weighted by atomic mass is 10.2. The summed E-state index contributed by atoms with van der Waals surface area (Å²) < 4.78 is 0.